The molecule has 0 bridgehead atoms. The molecule has 0 aliphatic rings. The molecule has 0 fully saturated rings. The lowest BCUT2D eigenvalue weighted by atomic mass is 10.3. The smallest absolute Gasteiger partial charge is 0.138 e. The fourth-order valence-corrected chi connectivity index (χ4v) is 1.72. The van der Waals surface area contributed by atoms with Gasteiger partial charge >= 0.3 is 0 Å². The first kappa shape index (κ1) is 14.6. The van der Waals surface area contributed by atoms with Crippen LogP contribution in [0.3, 0.4) is 0 Å². The van der Waals surface area contributed by atoms with Crippen molar-refractivity contribution >= 4 is 11.6 Å². The molecule has 0 saturated carbocycles. The van der Waals surface area contributed by atoms with E-state index in [0.717, 1.165) is 0 Å². The molecule has 1 heterocycles. The highest BCUT2D eigenvalue weighted by molar-refractivity contribution is 6.32. The lowest BCUT2D eigenvalue weighted by Gasteiger charge is -2.09. The average Bonchev–Trinajstić information content (AvgIpc) is 2.46. The highest BCUT2D eigenvalue weighted by atomic mass is 35.5. The van der Waals surface area contributed by atoms with E-state index in [1.165, 1.54) is 24.4 Å². The van der Waals surface area contributed by atoms with Gasteiger partial charge in [-0.2, -0.15) is 0 Å². The molecular formula is C14H13ClFNO3. The number of ether oxygens (including phenoxy) is 2. The molecule has 20 heavy (non-hydrogen) atoms. The minimum absolute atomic E-state index is 0.105. The van der Waals surface area contributed by atoms with Crippen molar-refractivity contribution in [1.82, 2.24) is 4.98 Å². The standard InChI is InChI=1S/C14H13ClFNO3/c15-13-7-10(16)1-4-14(13)20-6-5-19-12-3-2-11(9-18)17-8-12/h1-4,7-8,18H,5-6,9H2. The van der Waals surface area contributed by atoms with Crippen LogP contribution >= 0.6 is 11.6 Å². The monoisotopic (exact) mass is 297 g/mol. The Balaban J connectivity index is 1.78. The number of aliphatic hydroxyl groups is 1. The Morgan fingerprint density at radius 2 is 1.95 bits per heavy atom. The van der Waals surface area contributed by atoms with E-state index in [4.69, 9.17) is 26.2 Å². The van der Waals surface area contributed by atoms with Gasteiger partial charge in [0.25, 0.3) is 0 Å². The van der Waals surface area contributed by atoms with Gasteiger partial charge in [0.1, 0.15) is 30.5 Å². The van der Waals surface area contributed by atoms with E-state index in [9.17, 15) is 4.39 Å². The number of rotatable bonds is 6. The minimum Gasteiger partial charge on any atom is -0.488 e. The fraction of sp³-hybridized carbons (Fsp3) is 0.214. The molecule has 0 amide bonds. The highest BCUT2D eigenvalue weighted by Gasteiger charge is 2.03. The van der Waals surface area contributed by atoms with Crippen LogP contribution in [0.2, 0.25) is 5.02 Å². The van der Waals surface area contributed by atoms with E-state index in [1.54, 1.807) is 12.1 Å². The third-order valence-corrected chi connectivity index (χ3v) is 2.76. The van der Waals surface area contributed by atoms with Crippen LogP contribution in [0.25, 0.3) is 0 Å². The third-order valence-electron chi connectivity index (χ3n) is 2.46. The van der Waals surface area contributed by atoms with Crippen molar-refractivity contribution in [2.24, 2.45) is 0 Å². The van der Waals surface area contributed by atoms with Gasteiger partial charge in [0.15, 0.2) is 0 Å². The van der Waals surface area contributed by atoms with Crippen LogP contribution in [0.1, 0.15) is 5.69 Å². The number of aromatic nitrogens is 1. The van der Waals surface area contributed by atoms with Gasteiger partial charge in [-0.25, -0.2) is 4.39 Å². The molecule has 0 spiro atoms. The topological polar surface area (TPSA) is 51.6 Å². The molecule has 2 aromatic rings. The molecule has 2 rings (SSSR count). The van der Waals surface area contributed by atoms with Crippen LogP contribution in [0, 0.1) is 5.82 Å². The summed E-state index contributed by atoms with van der Waals surface area (Å²) < 4.78 is 23.6. The van der Waals surface area contributed by atoms with Crippen molar-refractivity contribution < 1.29 is 19.0 Å². The van der Waals surface area contributed by atoms with Crippen LogP contribution in [0.15, 0.2) is 36.5 Å². The van der Waals surface area contributed by atoms with E-state index in [-0.39, 0.29) is 18.2 Å². The van der Waals surface area contributed by atoms with Gasteiger partial charge in [-0.15, -0.1) is 0 Å². The number of nitrogens with zero attached hydrogens (tertiary/aromatic N) is 1. The third kappa shape index (κ3) is 4.08. The summed E-state index contributed by atoms with van der Waals surface area (Å²) in [4.78, 5) is 3.98. The van der Waals surface area contributed by atoms with Crippen LogP contribution in [0.4, 0.5) is 4.39 Å². The normalized spacial score (nSPS) is 10.3. The second-order valence-corrected chi connectivity index (χ2v) is 4.32. The zero-order chi connectivity index (χ0) is 14.4. The summed E-state index contributed by atoms with van der Waals surface area (Å²) in [6, 6.07) is 7.32. The van der Waals surface area contributed by atoms with Gasteiger partial charge in [0.05, 0.1) is 23.5 Å². The second-order valence-electron chi connectivity index (χ2n) is 3.92. The molecule has 1 aromatic heterocycles. The van der Waals surface area contributed by atoms with Crippen molar-refractivity contribution in [3.05, 3.63) is 53.1 Å². The van der Waals surface area contributed by atoms with Crippen LogP contribution < -0.4 is 9.47 Å². The lowest BCUT2D eigenvalue weighted by Crippen LogP contribution is -2.09. The largest absolute Gasteiger partial charge is 0.488 e. The summed E-state index contributed by atoms with van der Waals surface area (Å²) in [6.45, 7) is 0.466. The van der Waals surface area contributed by atoms with Crippen LogP contribution in [-0.4, -0.2) is 23.3 Å². The van der Waals surface area contributed by atoms with Crippen molar-refractivity contribution in [2.75, 3.05) is 13.2 Å². The van der Waals surface area contributed by atoms with Crippen molar-refractivity contribution in [3.63, 3.8) is 0 Å². The van der Waals surface area contributed by atoms with Gasteiger partial charge in [0.2, 0.25) is 0 Å². The summed E-state index contributed by atoms with van der Waals surface area (Å²) in [5.41, 5.74) is 0.576. The predicted molar refractivity (Wildman–Crippen MR) is 72.6 cm³/mol. The predicted octanol–water partition coefficient (Wildman–Crippen LogP) is 2.82. The lowest BCUT2D eigenvalue weighted by molar-refractivity contribution is 0.216. The molecule has 0 aliphatic carbocycles. The summed E-state index contributed by atoms with van der Waals surface area (Å²) in [5.74, 6) is 0.579. The summed E-state index contributed by atoms with van der Waals surface area (Å²) in [7, 11) is 0. The molecule has 0 unspecified atom stereocenters. The van der Waals surface area contributed by atoms with Gasteiger partial charge in [-0.1, -0.05) is 11.6 Å². The van der Waals surface area contributed by atoms with Gasteiger partial charge < -0.3 is 14.6 Å². The number of pyridine rings is 1. The Kier molecular flexibility index (Phi) is 5.15. The van der Waals surface area contributed by atoms with E-state index in [2.05, 4.69) is 4.98 Å². The molecule has 1 N–H and O–H groups in total. The first-order valence-electron chi connectivity index (χ1n) is 5.95. The number of benzene rings is 1. The first-order chi connectivity index (χ1) is 9.69. The Morgan fingerprint density at radius 3 is 2.60 bits per heavy atom. The zero-order valence-electron chi connectivity index (χ0n) is 10.6. The molecule has 4 nitrogen and oxygen atoms in total. The molecule has 0 aliphatic heterocycles. The van der Waals surface area contributed by atoms with E-state index < -0.39 is 5.82 Å². The van der Waals surface area contributed by atoms with E-state index in [1.807, 2.05) is 0 Å². The summed E-state index contributed by atoms with van der Waals surface area (Å²) >= 11 is 5.82. The molecule has 6 heteroatoms. The SMILES string of the molecule is OCc1ccc(OCCOc2ccc(F)cc2Cl)cn1. The fourth-order valence-electron chi connectivity index (χ4n) is 1.49. The van der Waals surface area contributed by atoms with Gasteiger partial charge in [-0.05, 0) is 30.3 Å². The molecular weight excluding hydrogens is 285 g/mol. The number of hydrogen-bond donors (Lipinski definition) is 1. The van der Waals surface area contributed by atoms with Crippen LogP contribution in [0.5, 0.6) is 11.5 Å². The Labute approximate surface area is 120 Å². The zero-order valence-corrected chi connectivity index (χ0v) is 11.3. The highest BCUT2D eigenvalue weighted by Crippen LogP contribution is 2.24. The maximum atomic E-state index is 12.8. The van der Waals surface area contributed by atoms with E-state index in [0.29, 0.717) is 23.8 Å². The molecule has 106 valence electrons. The maximum Gasteiger partial charge on any atom is 0.138 e. The maximum absolute atomic E-state index is 12.8. The van der Waals surface area contributed by atoms with Crippen molar-refractivity contribution in [3.8, 4) is 11.5 Å². The molecule has 0 radical (unpaired) electrons. The van der Waals surface area contributed by atoms with Crippen LogP contribution in [-0.2, 0) is 6.61 Å². The average molecular weight is 298 g/mol. The number of hydrogen-bond acceptors (Lipinski definition) is 4. The van der Waals surface area contributed by atoms with Crippen molar-refractivity contribution in [1.29, 1.82) is 0 Å². The summed E-state index contributed by atoms with van der Waals surface area (Å²) in [5, 5.41) is 9.07. The molecule has 0 atom stereocenters. The minimum atomic E-state index is -0.409. The second kappa shape index (κ2) is 7.07. The first-order valence-corrected chi connectivity index (χ1v) is 6.33. The summed E-state index contributed by atoms with van der Waals surface area (Å²) in [6.07, 6.45) is 1.52. The molecule has 1 aromatic carbocycles. The van der Waals surface area contributed by atoms with E-state index >= 15 is 0 Å². The van der Waals surface area contributed by atoms with Gasteiger partial charge in [0, 0.05) is 0 Å². The van der Waals surface area contributed by atoms with Crippen molar-refractivity contribution in [2.45, 2.75) is 6.61 Å². The number of halogens is 2. The molecule has 0 saturated heterocycles. The quantitative estimate of drug-likeness (QED) is 0.833. The Morgan fingerprint density at radius 1 is 1.15 bits per heavy atom. The van der Waals surface area contributed by atoms with Gasteiger partial charge in [-0.3, -0.25) is 4.98 Å². The number of aliphatic hydroxyl groups excluding tert-OH is 1. The Bertz CT molecular complexity index is 563. The Hall–Kier alpha value is -1.85.